The number of halogens is 1. The van der Waals surface area contributed by atoms with E-state index in [9.17, 15) is 4.79 Å². The Kier molecular flexibility index (Phi) is 7.03. The second kappa shape index (κ2) is 8.55. The van der Waals surface area contributed by atoms with Gasteiger partial charge in [0.1, 0.15) is 0 Å². The van der Waals surface area contributed by atoms with Crippen molar-refractivity contribution in [3.63, 3.8) is 0 Å². The Morgan fingerprint density at radius 1 is 1.50 bits per heavy atom. The molecule has 0 bridgehead atoms. The average molecular weight is 344 g/mol. The zero-order valence-electron chi connectivity index (χ0n) is 11.2. The van der Waals surface area contributed by atoms with Crippen molar-refractivity contribution in [2.45, 2.75) is 19.8 Å². The zero-order chi connectivity index (χ0) is 15.0. The SMILES string of the molecule is CCCOCCC(=O)Nc1ccc(/C(N)=N/O)cc1Br. The minimum Gasteiger partial charge on any atom is -0.409 e. The molecule has 0 aliphatic heterocycles. The van der Waals surface area contributed by atoms with E-state index in [0.29, 0.717) is 35.4 Å². The molecule has 0 atom stereocenters. The highest BCUT2D eigenvalue weighted by atomic mass is 79.9. The van der Waals surface area contributed by atoms with Gasteiger partial charge in [0.2, 0.25) is 5.91 Å². The van der Waals surface area contributed by atoms with Gasteiger partial charge in [0.15, 0.2) is 5.84 Å². The van der Waals surface area contributed by atoms with E-state index in [-0.39, 0.29) is 11.7 Å². The summed E-state index contributed by atoms with van der Waals surface area (Å²) in [6, 6.07) is 5.00. The molecule has 0 radical (unpaired) electrons. The lowest BCUT2D eigenvalue weighted by atomic mass is 10.2. The third-order valence-electron chi connectivity index (χ3n) is 2.47. The summed E-state index contributed by atoms with van der Waals surface area (Å²) in [5, 5.41) is 14.3. The Hall–Kier alpha value is -1.60. The van der Waals surface area contributed by atoms with E-state index in [1.54, 1.807) is 18.2 Å². The second-order valence-electron chi connectivity index (χ2n) is 4.09. The van der Waals surface area contributed by atoms with Crippen LogP contribution in [0.2, 0.25) is 0 Å². The van der Waals surface area contributed by atoms with Crippen molar-refractivity contribution >= 4 is 33.4 Å². The maximum atomic E-state index is 11.7. The molecule has 0 aromatic heterocycles. The van der Waals surface area contributed by atoms with Gasteiger partial charge in [-0.25, -0.2) is 0 Å². The molecule has 0 saturated heterocycles. The van der Waals surface area contributed by atoms with Crippen molar-refractivity contribution in [3.8, 4) is 0 Å². The standard InChI is InChI=1S/C13H18BrN3O3/c1-2-6-20-7-5-12(18)16-11-4-3-9(8-10(11)14)13(15)17-19/h3-4,8,19H,2,5-7H2,1H3,(H2,15,17)(H,16,18). The second-order valence-corrected chi connectivity index (χ2v) is 4.94. The van der Waals surface area contributed by atoms with Crippen LogP contribution in [-0.2, 0) is 9.53 Å². The Morgan fingerprint density at radius 2 is 2.25 bits per heavy atom. The Labute approximate surface area is 126 Å². The van der Waals surface area contributed by atoms with Gasteiger partial charge in [0.05, 0.1) is 18.7 Å². The van der Waals surface area contributed by atoms with Crippen molar-refractivity contribution in [1.29, 1.82) is 0 Å². The molecule has 110 valence electrons. The lowest BCUT2D eigenvalue weighted by Gasteiger charge is -2.09. The fourth-order valence-corrected chi connectivity index (χ4v) is 1.94. The number of anilines is 1. The third kappa shape index (κ3) is 5.18. The number of carbonyl (C=O) groups is 1. The van der Waals surface area contributed by atoms with Crippen LogP contribution >= 0.6 is 15.9 Å². The number of benzene rings is 1. The summed E-state index contributed by atoms with van der Waals surface area (Å²) in [6.07, 6.45) is 1.23. The van der Waals surface area contributed by atoms with Crippen LogP contribution in [0, 0.1) is 0 Å². The van der Waals surface area contributed by atoms with E-state index in [1.165, 1.54) is 0 Å². The highest BCUT2D eigenvalue weighted by Crippen LogP contribution is 2.23. The Bertz CT molecular complexity index is 492. The fraction of sp³-hybridized carbons (Fsp3) is 0.385. The van der Waals surface area contributed by atoms with Crippen LogP contribution in [0.4, 0.5) is 5.69 Å². The highest BCUT2D eigenvalue weighted by molar-refractivity contribution is 9.10. The molecule has 0 saturated carbocycles. The van der Waals surface area contributed by atoms with Gasteiger partial charge >= 0.3 is 0 Å². The summed E-state index contributed by atoms with van der Waals surface area (Å²) in [6.45, 7) is 3.07. The molecule has 1 rings (SSSR count). The zero-order valence-corrected chi connectivity index (χ0v) is 12.8. The van der Waals surface area contributed by atoms with Gasteiger partial charge in [0, 0.05) is 16.6 Å². The van der Waals surface area contributed by atoms with Crippen molar-refractivity contribution in [1.82, 2.24) is 0 Å². The number of nitrogens with one attached hydrogen (secondary N) is 1. The van der Waals surface area contributed by atoms with Crippen LogP contribution in [0.3, 0.4) is 0 Å². The maximum absolute atomic E-state index is 11.7. The highest BCUT2D eigenvalue weighted by Gasteiger charge is 2.08. The van der Waals surface area contributed by atoms with Gasteiger partial charge in [-0.3, -0.25) is 4.79 Å². The Morgan fingerprint density at radius 3 is 2.85 bits per heavy atom. The van der Waals surface area contributed by atoms with Crippen LogP contribution in [0.25, 0.3) is 0 Å². The Balaban J connectivity index is 2.58. The largest absolute Gasteiger partial charge is 0.409 e. The number of hydrogen-bond donors (Lipinski definition) is 3. The van der Waals surface area contributed by atoms with Gasteiger partial charge in [-0.15, -0.1) is 0 Å². The fourth-order valence-electron chi connectivity index (χ4n) is 1.46. The molecule has 1 aromatic rings. The van der Waals surface area contributed by atoms with Crippen molar-refractivity contribution in [2.75, 3.05) is 18.5 Å². The first kappa shape index (κ1) is 16.5. The molecule has 7 heteroatoms. The predicted octanol–water partition coefficient (Wildman–Crippen LogP) is 2.30. The minimum absolute atomic E-state index is 0.0107. The monoisotopic (exact) mass is 343 g/mol. The number of nitrogens with zero attached hydrogens (tertiary/aromatic N) is 1. The van der Waals surface area contributed by atoms with Crippen molar-refractivity contribution in [3.05, 3.63) is 28.2 Å². The number of ether oxygens (including phenoxy) is 1. The quantitative estimate of drug-likeness (QED) is 0.232. The van der Waals surface area contributed by atoms with E-state index in [2.05, 4.69) is 26.4 Å². The molecular formula is C13H18BrN3O3. The summed E-state index contributed by atoms with van der Waals surface area (Å²) < 4.78 is 5.91. The normalized spacial score (nSPS) is 11.4. The molecule has 0 unspecified atom stereocenters. The van der Waals surface area contributed by atoms with E-state index in [4.69, 9.17) is 15.7 Å². The molecule has 0 aliphatic carbocycles. The minimum atomic E-state index is -0.127. The number of hydrogen-bond acceptors (Lipinski definition) is 4. The number of amidine groups is 1. The van der Waals surface area contributed by atoms with Gasteiger partial charge in [-0.05, 0) is 40.5 Å². The number of oxime groups is 1. The molecule has 0 spiro atoms. The first-order chi connectivity index (χ1) is 9.58. The lowest BCUT2D eigenvalue weighted by Crippen LogP contribution is -2.16. The maximum Gasteiger partial charge on any atom is 0.226 e. The molecule has 0 heterocycles. The molecule has 20 heavy (non-hydrogen) atoms. The van der Waals surface area contributed by atoms with E-state index >= 15 is 0 Å². The smallest absolute Gasteiger partial charge is 0.226 e. The van der Waals surface area contributed by atoms with Crippen molar-refractivity contribution in [2.24, 2.45) is 10.9 Å². The van der Waals surface area contributed by atoms with Crippen molar-refractivity contribution < 1.29 is 14.7 Å². The average Bonchev–Trinajstić information content (AvgIpc) is 2.45. The molecular weight excluding hydrogens is 326 g/mol. The van der Waals surface area contributed by atoms with Crippen LogP contribution in [0.1, 0.15) is 25.3 Å². The van der Waals surface area contributed by atoms with Gasteiger partial charge in [-0.1, -0.05) is 12.1 Å². The topological polar surface area (TPSA) is 96.9 Å². The summed E-state index contributed by atoms with van der Waals surface area (Å²) in [4.78, 5) is 11.7. The van der Waals surface area contributed by atoms with E-state index in [0.717, 1.165) is 6.42 Å². The van der Waals surface area contributed by atoms with E-state index in [1.807, 2.05) is 6.92 Å². The molecule has 4 N–H and O–H groups in total. The summed E-state index contributed by atoms with van der Waals surface area (Å²) in [7, 11) is 0. The molecule has 6 nitrogen and oxygen atoms in total. The van der Waals surface area contributed by atoms with E-state index < -0.39 is 0 Å². The first-order valence-corrected chi connectivity index (χ1v) is 7.02. The van der Waals surface area contributed by atoms with Gasteiger partial charge in [-0.2, -0.15) is 0 Å². The number of rotatable bonds is 7. The lowest BCUT2D eigenvalue weighted by molar-refractivity contribution is -0.117. The molecule has 0 fully saturated rings. The summed E-state index contributed by atoms with van der Waals surface area (Å²) >= 11 is 3.33. The van der Waals surface area contributed by atoms with Crippen LogP contribution < -0.4 is 11.1 Å². The third-order valence-corrected chi connectivity index (χ3v) is 3.12. The molecule has 0 aliphatic rings. The first-order valence-electron chi connectivity index (χ1n) is 6.23. The molecule has 1 aromatic carbocycles. The number of amides is 1. The number of carbonyl (C=O) groups excluding carboxylic acids is 1. The van der Waals surface area contributed by atoms with Gasteiger partial charge < -0.3 is 21.0 Å². The predicted molar refractivity (Wildman–Crippen MR) is 81.0 cm³/mol. The summed E-state index contributed by atoms with van der Waals surface area (Å²) in [5.74, 6) is -0.116. The van der Waals surface area contributed by atoms with Gasteiger partial charge in [0.25, 0.3) is 0 Å². The van der Waals surface area contributed by atoms with Crippen LogP contribution in [0.15, 0.2) is 27.8 Å². The molecule has 1 amide bonds. The summed E-state index contributed by atoms with van der Waals surface area (Å²) in [5.41, 5.74) is 6.67. The van der Waals surface area contributed by atoms with Crippen LogP contribution in [-0.4, -0.2) is 30.2 Å². The van der Waals surface area contributed by atoms with Crippen LogP contribution in [0.5, 0.6) is 0 Å². The number of nitrogens with two attached hydrogens (primary N) is 1.